The Balaban J connectivity index is 2.39. The highest BCUT2D eigenvalue weighted by molar-refractivity contribution is 5.70. The molecule has 0 saturated carbocycles. The number of ether oxygens (including phenoxy) is 4. The highest BCUT2D eigenvalue weighted by Crippen LogP contribution is 2.22. The summed E-state index contributed by atoms with van der Waals surface area (Å²) < 4.78 is 22.1. The molecule has 1 fully saturated rings. The van der Waals surface area contributed by atoms with Gasteiger partial charge < -0.3 is 39.4 Å². The van der Waals surface area contributed by atoms with Crippen LogP contribution < -0.4 is 0 Å². The minimum Gasteiger partial charge on any atom is -0.462 e. The zero-order chi connectivity index (χ0) is 38.8. The molecule has 53 heavy (non-hydrogen) atoms. The molecule has 0 aromatic rings. The first-order valence-corrected chi connectivity index (χ1v) is 20.7. The Bertz CT molecular complexity index is 1010. The van der Waals surface area contributed by atoms with Crippen molar-refractivity contribution in [3.05, 3.63) is 48.6 Å². The van der Waals surface area contributed by atoms with E-state index in [4.69, 9.17) is 18.9 Å². The average Bonchev–Trinajstić information content (AvgIpc) is 3.15. The van der Waals surface area contributed by atoms with Crippen LogP contribution in [0.3, 0.4) is 0 Å². The van der Waals surface area contributed by atoms with E-state index in [9.17, 15) is 30.0 Å². The van der Waals surface area contributed by atoms with E-state index >= 15 is 0 Å². The lowest BCUT2D eigenvalue weighted by atomic mass is 9.99. The Kier molecular flexibility index (Phi) is 31.4. The third-order valence-corrected chi connectivity index (χ3v) is 9.20. The molecule has 6 atom stereocenters. The van der Waals surface area contributed by atoms with E-state index in [2.05, 4.69) is 62.5 Å². The second-order valence-electron chi connectivity index (χ2n) is 14.1. The van der Waals surface area contributed by atoms with Gasteiger partial charge in [-0.15, -0.1) is 0 Å². The van der Waals surface area contributed by atoms with E-state index in [1.54, 1.807) is 0 Å². The zero-order valence-electron chi connectivity index (χ0n) is 33.0. The molecule has 10 heteroatoms. The van der Waals surface area contributed by atoms with Gasteiger partial charge >= 0.3 is 11.9 Å². The molecule has 0 bridgehead atoms. The maximum Gasteiger partial charge on any atom is 0.306 e. The van der Waals surface area contributed by atoms with Gasteiger partial charge in [0.2, 0.25) is 0 Å². The van der Waals surface area contributed by atoms with Crippen molar-refractivity contribution in [2.24, 2.45) is 0 Å². The van der Waals surface area contributed by atoms with Crippen LogP contribution in [-0.2, 0) is 28.5 Å². The molecule has 10 nitrogen and oxygen atoms in total. The Morgan fingerprint density at radius 3 is 1.66 bits per heavy atom. The third kappa shape index (κ3) is 26.2. The van der Waals surface area contributed by atoms with E-state index in [-0.39, 0.29) is 26.1 Å². The van der Waals surface area contributed by atoms with E-state index in [1.807, 2.05) is 0 Å². The minimum atomic E-state index is -1.60. The van der Waals surface area contributed by atoms with Crippen molar-refractivity contribution in [3.8, 4) is 0 Å². The summed E-state index contributed by atoms with van der Waals surface area (Å²) in [6.45, 7) is 3.29. The number of hydrogen-bond donors (Lipinski definition) is 4. The van der Waals surface area contributed by atoms with Crippen LogP contribution in [-0.4, -0.2) is 89.0 Å². The predicted octanol–water partition coefficient (Wildman–Crippen LogP) is 8.10. The van der Waals surface area contributed by atoms with Crippen LogP contribution >= 0.6 is 0 Å². The van der Waals surface area contributed by atoms with Crippen molar-refractivity contribution in [1.29, 1.82) is 0 Å². The quantitative estimate of drug-likeness (QED) is 0.0294. The van der Waals surface area contributed by atoms with Gasteiger partial charge in [0.1, 0.15) is 31.0 Å². The van der Waals surface area contributed by atoms with Crippen LogP contribution in [0.5, 0.6) is 0 Å². The van der Waals surface area contributed by atoms with Crippen molar-refractivity contribution in [2.75, 3.05) is 19.8 Å². The maximum absolute atomic E-state index is 12.7. The fourth-order valence-electron chi connectivity index (χ4n) is 5.88. The average molecular weight is 751 g/mol. The van der Waals surface area contributed by atoms with Crippen molar-refractivity contribution in [2.45, 2.75) is 192 Å². The van der Waals surface area contributed by atoms with Gasteiger partial charge in [-0.3, -0.25) is 9.59 Å². The number of esters is 2. The fourth-order valence-corrected chi connectivity index (χ4v) is 5.88. The van der Waals surface area contributed by atoms with Crippen LogP contribution in [0.1, 0.15) is 155 Å². The molecule has 1 rings (SSSR count). The van der Waals surface area contributed by atoms with Crippen molar-refractivity contribution >= 4 is 11.9 Å². The fraction of sp³-hybridized carbons (Fsp3) is 0.767. The molecule has 0 aliphatic carbocycles. The summed E-state index contributed by atoms with van der Waals surface area (Å²) in [5.41, 5.74) is 0. The van der Waals surface area contributed by atoms with Crippen LogP contribution in [0, 0.1) is 0 Å². The molecule has 1 aliphatic heterocycles. The monoisotopic (exact) mass is 751 g/mol. The van der Waals surface area contributed by atoms with Crippen LogP contribution in [0.25, 0.3) is 0 Å². The summed E-state index contributed by atoms with van der Waals surface area (Å²) in [4.78, 5) is 25.2. The molecule has 0 radical (unpaired) electrons. The van der Waals surface area contributed by atoms with Gasteiger partial charge in [-0.1, -0.05) is 140 Å². The zero-order valence-corrected chi connectivity index (χ0v) is 33.0. The van der Waals surface area contributed by atoms with Gasteiger partial charge in [-0.25, -0.2) is 0 Å². The largest absolute Gasteiger partial charge is 0.462 e. The lowest BCUT2D eigenvalue weighted by Crippen LogP contribution is -2.59. The molecule has 0 aromatic carbocycles. The molecule has 2 unspecified atom stereocenters. The summed E-state index contributed by atoms with van der Waals surface area (Å²) in [7, 11) is 0. The number of carbonyl (C=O) groups is 2. The molecule has 1 saturated heterocycles. The van der Waals surface area contributed by atoms with Gasteiger partial charge in [-0.2, -0.15) is 0 Å². The van der Waals surface area contributed by atoms with Crippen molar-refractivity contribution < 1.29 is 49.0 Å². The summed E-state index contributed by atoms with van der Waals surface area (Å²) in [5, 5.41) is 39.9. The standard InChI is InChI=1S/C43H74O10/c1-3-5-7-9-11-13-15-16-17-18-19-20-22-23-25-27-29-31-38(45)50-34-36(35-51-43-42(49)41(48)40(47)37(33-44)53-43)52-39(46)32-30-28-26-24-21-14-12-10-8-6-4-2/h7,9,13,15,17-18,20,22,36-37,40-44,47-49H,3-6,8,10-12,14,16,19,21,23-35H2,1-2H3/b9-7+,15-13+,18-17+,22-20+/t36-,37-,40+,41?,42?,43-/m0/s1. The smallest absolute Gasteiger partial charge is 0.306 e. The van der Waals surface area contributed by atoms with Crippen molar-refractivity contribution in [3.63, 3.8) is 0 Å². The van der Waals surface area contributed by atoms with Gasteiger partial charge in [0.05, 0.1) is 13.2 Å². The molecule has 0 spiro atoms. The van der Waals surface area contributed by atoms with E-state index in [0.29, 0.717) is 12.8 Å². The molecule has 1 heterocycles. The molecule has 4 N–H and O–H groups in total. The molecule has 0 aromatic heterocycles. The number of unbranched alkanes of at least 4 members (excludes halogenated alkanes) is 14. The number of aliphatic hydroxyl groups is 4. The van der Waals surface area contributed by atoms with Gasteiger partial charge in [0.25, 0.3) is 0 Å². The number of rotatable bonds is 33. The maximum atomic E-state index is 12.7. The highest BCUT2D eigenvalue weighted by atomic mass is 16.7. The SMILES string of the molecule is CCC/C=C/C/C=C/C/C=C/C/C=C/CCCCCC(=O)OC[C@@H](CO[C@H]1O[C@@H](CO)[C@@H](O)C(O)C1O)OC(=O)CCCCCCCCCCCCC. The number of hydrogen-bond acceptors (Lipinski definition) is 10. The molecular weight excluding hydrogens is 676 g/mol. The van der Waals surface area contributed by atoms with Gasteiger partial charge in [0.15, 0.2) is 12.4 Å². The molecular formula is C43H74O10. The van der Waals surface area contributed by atoms with E-state index < -0.39 is 55.4 Å². The summed E-state index contributed by atoms with van der Waals surface area (Å²) >= 11 is 0. The first-order valence-electron chi connectivity index (χ1n) is 20.7. The second kappa shape index (κ2) is 34.2. The first-order chi connectivity index (χ1) is 25.8. The topological polar surface area (TPSA) is 152 Å². The van der Waals surface area contributed by atoms with Crippen LogP contribution in [0.2, 0.25) is 0 Å². The lowest BCUT2D eigenvalue weighted by molar-refractivity contribution is -0.305. The number of aliphatic hydroxyl groups excluding tert-OH is 4. The first kappa shape index (κ1) is 48.7. The number of carbonyl (C=O) groups excluding carboxylic acids is 2. The summed E-state index contributed by atoms with van der Waals surface area (Å²) in [6, 6.07) is 0. The Labute approximate surface area is 320 Å². The summed E-state index contributed by atoms with van der Waals surface area (Å²) in [6.07, 6.45) is 31.2. The third-order valence-electron chi connectivity index (χ3n) is 9.20. The molecule has 1 aliphatic rings. The number of allylic oxidation sites excluding steroid dienone is 8. The minimum absolute atomic E-state index is 0.223. The lowest BCUT2D eigenvalue weighted by Gasteiger charge is -2.39. The van der Waals surface area contributed by atoms with Gasteiger partial charge in [-0.05, 0) is 51.4 Å². The molecule has 306 valence electrons. The Hall–Kier alpha value is -2.34. The second-order valence-corrected chi connectivity index (χ2v) is 14.1. The van der Waals surface area contributed by atoms with Crippen LogP contribution in [0.15, 0.2) is 48.6 Å². The molecule has 0 amide bonds. The van der Waals surface area contributed by atoms with E-state index in [1.165, 1.54) is 51.4 Å². The van der Waals surface area contributed by atoms with Gasteiger partial charge in [0, 0.05) is 12.8 Å². The van der Waals surface area contributed by atoms with Crippen LogP contribution in [0.4, 0.5) is 0 Å². The summed E-state index contributed by atoms with van der Waals surface area (Å²) in [5.74, 6) is -0.846. The Morgan fingerprint density at radius 2 is 1.09 bits per heavy atom. The Morgan fingerprint density at radius 1 is 0.585 bits per heavy atom. The predicted molar refractivity (Wildman–Crippen MR) is 210 cm³/mol. The van der Waals surface area contributed by atoms with E-state index in [0.717, 1.165) is 64.2 Å². The highest BCUT2D eigenvalue weighted by Gasteiger charge is 2.44. The van der Waals surface area contributed by atoms with Crippen molar-refractivity contribution in [1.82, 2.24) is 0 Å². The normalized spacial score (nSPS) is 21.4.